The van der Waals surface area contributed by atoms with Crippen LogP contribution in [0.3, 0.4) is 0 Å². The third kappa shape index (κ3) is 4.85. The molecular formula is C21H26N4O3. The van der Waals surface area contributed by atoms with Crippen molar-refractivity contribution in [2.75, 3.05) is 18.4 Å². The van der Waals surface area contributed by atoms with Crippen molar-refractivity contribution in [2.24, 2.45) is 5.92 Å². The monoisotopic (exact) mass is 382 g/mol. The molecule has 0 saturated carbocycles. The number of amides is 2. The lowest BCUT2D eigenvalue weighted by Crippen LogP contribution is -2.42. The molecule has 0 unspecified atom stereocenters. The molecule has 3 rings (SSSR count). The van der Waals surface area contributed by atoms with Crippen LogP contribution in [0.2, 0.25) is 0 Å². The van der Waals surface area contributed by atoms with E-state index < -0.39 is 0 Å². The molecule has 0 bridgehead atoms. The second-order valence-electron chi connectivity index (χ2n) is 7.06. The molecule has 1 aromatic heterocycles. The molecule has 0 atom stereocenters. The van der Waals surface area contributed by atoms with Gasteiger partial charge in [0.1, 0.15) is 5.69 Å². The predicted octanol–water partition coefficient (Wildman–Crippen LogP) is 2.53. The van der Waals surface area contributed by atoms with Crippen LogP contribution in [0.25, 0.3) is 0 Å². The molecular weight excluding hydrogens is 356 g/mol. The van der Waals surface area contributed by atoms with E-state index in [4.69, 9.17) is 0 Å². The van der Waals surface area contributed by atoms with E-state index in [1.807, 2.05) is 37.3 Å². The van der Waals surface area contributed by atoms with E-state index in [0.29, 0.717) is 32.5 Å². The number of para-hydroxylation sites is 1. The van der Waals surface area contributed by atoms with Crippen molar-refractivity contribution in [1.29, 1.82) is 0 Å². The van der Waals surface area contributed by atoms with Gasteiger partial charge in [-0.1, -0.05) is 31.5 Å². The Balaban J connectivity index is 1.58. The van der Waals surface area contributed by atoms with E-state index in [9.17, 15) is 14.4 Å². The SMILES string of the molecule is CCCCn1nc(C(=O)N2CCC(C(=O)Nc3ccccc3)CC2)ccc1=O. The average molecular weight is 382 g/mol. The fourth-order valence-electron chi connectivity index (χ4n) is 3.30. The summed E-state index contributed by atoms with van der Waals surface area (Å²) < 4.78 is 1.36. The largest absolute Gasteiger partial charge is 0.337 e. The van der Waals surface area contributed by atoms with E-state index in [2.05, 4.69) is 10.4 Å². The summed E-state index contributed by atoms with van der Waals surface area (Å²) in [6, 6.07) is 12.3. The van der Waals surface area contributed by atoms with Crippen molar-refractivity contribution < 1.29 is 9.59 Å². The minimum Gasteiger partial charge on any atom is -0.337 e. The van der Waals surface area contributed by atoms with Gasteiger partial charge < -0.3 is 10.2 Å². The number of rotatable bonds is 6. The van der Waals surface area contributed by atoms with Crippen molar-refractivity contribution in [3.05, 3.63) is 58.5 Å². The van der Waals surface area contributed by atoms with Gasteiger partial charge in [-0.3, -0.25) is 14.4 Å². The predicted molar refractivity (Wildman–Crippen MR) is 107 cm³/mol. The number of aromatic nitrogens is 2. The van der Waals surface area contributed by atoms with Crippen molar-refractivity contribution in [3.63, 3.8) is 0 Å². The Morgan fingerprint density at radius 2 is 1.82 bits per heavy atom. The van der Waals surface area contributed by atoms with E-state index >= 15 is 0 Å². The van der Waals surface area contributed by atoms with Crippen LogP contribution in [0, 0.1) is 5.92 Å². The second-order valence-corrected chi connectivity index (χ2v) is 7.06. The fraction of sp³-hybridized carbons (Fsp3) is 0.429. The first kappa shape index (κ1) is 19.8. The summed E-state index contributed by atoms with van der Waals surface area (Å²) in [5, 5.41) is 7.16. The second kappa shape index (κ2) is 9.30. The number of carbonyl (C=O) groups is 2. The summed E-state index contributed by atoms with van der Waals surface area (Å²) in [7, 11) is 0. The number of nitrogens with one attached hydrogen (secondary N) is 1. The molecule has 28 heavy (non-hydrogen) atoms. The fourth-order valence-corrected chi connectivity index (χ4v) is 3.30. The van der Waals surface area contributed by atoms with Crippen LogP contribution in [0.4, 0.5) is 5.69 Å². The average Bonchev–Trinajstić information content (AvgIpc) is 2.73. The van der Waals surface area contributed by atoms with Crippen molar-refractivity contribution in [2.45, 2.75) is 39.2 Å². The maximum absolute atomic E-state index is 12.8. The van der Waals surface area contributed by atoms with Gasteiger partial charge in [0.05, 0.1) is 0 Å². The minimum absolute atomic E-state index is 0.00969. The molecule has 2 heterocycles. The standard InChI is InChI=1S/C21H26N4O3/c1-2-3-13-25-19(26)10-9-18(23-25)21(28)24-14-11-16(12-15-24)20(27)22-17-7-5-4-6-8-17/h4-10,16H,2-3,11-15H2,1H3,(H,22,27). The Hall–Kier alpha value is -2.96. The number of likely N-dealkylation sites (tertiary alicyclic amines) is 1. The zero-order valence-corrected chi connectivity index (χ0v) is 16.1. The summed E-state index contributed by atoms with van der Waals surface area (Å²) in [5.74, 6) is -0.313. The number of benzene rings is 1. The molecule has 7 nitrogen and oxygen atoms in total. The molecule has 1 aliphatic rings. The molecule has 2 aromatic rings. The highest BCUT2D eigenvalue weighted by Crippen LogP contribution is 2.20. The maximum Gasteiger partial charge on any atom is 0.274 e. The van der Waals surface area contributed by atoms with Gasteiger partial charge in [0.2, 0.25) is 5.91 Å². The first-order valence-corrected chi connectivity index (χ1v) is 9.82. The Morgan fingerprint density at radius 1 is 1.11 bits per heavy atom. The van der Waals surface area contributed by atoms with Crippen LogP contribution in [-0.4, -0.2) is 39.6 Å². The highest BCUT2D eigenvalue weighted by atomic mass is 16.2. The van der Waals surface area contributed by atoms with Gasteiger partial charge in [-0.05, 0) is 37.5 Å². The number of piperidine rings is 1. The zero-order valence-electron chi connectivity index (χ0n) is 16.1. The smallest absolute Gasteiger partial charge is 0.274 e. The summed E-state index contributed by atoms with van der Waals surface area (Å²) in [6.07, 6.45) is 3.01. The Morgan fingerprint density at radius 3 is 2.50 bits per heavy atom. The molecule has 1 N–H and O–H groups in total. The Bertz CT molecular complexity index is 871. The lowest BCUT2D eigenvalue weighted by molar-refractivity contribution is -0.121. The number of anilines is 1. The summed E-state index contributed by atoms with van der Waals surface area (Å²) >= 11 is 0. The van der Waals surface area contributed by atoms with Gasteiger partial charge in [0.15, 0.2) is 0 Å². The highest BCUT2D eigenvalue weighted by Gasteiger charge is 2.28. The first-order chi connectivity index (χ1) is 13.6. The third-order valence-electron chi connectivity index (χ3n) is 5.00. The first-order valence-electron chi connectivity index (χ1n) is 9.82. The highest BCUT2D eigenvalue weighted by molar-refractivity contribution is 5.94. The number of unbranched alkanes of at least 4 members (excludes halogenated alkanes) is 1. The molecule has 1 fully saturated rings. The van der Waals surface area contributed by atoms with Crippen LogP contribution < -0.4 is 10.9 Å². The molecule has 1 aliphatic heterocycles. The lowest BCUT2D eigenvalue weighted by Gasteiger charge is -2.31. The molecule has 1 saturated heterocycles. The number of aryl methyl sites for hydroxylation is 1. The van der Waals surface area contributed by atoms with Crippen molar-refractivity contribution in [1.82, 2.24) is 14.7 Å². The van der Waals surface area contributed by atoms with E-state index in [1.165, 1.54) is 16.8 Å². The molecule has 7 heteroatoms. The van der Waals surface area contributed by atoms with E-state index in [-0.39, 0.29) is 29.0 Å². The van der Waals surface area contributed by atoms with Crippen LogP contribution in [-0.2, 0) is 11.3 Å². The molecule has 1 aromatic carbocycles. The molecule has 0 spiro atoms. The summed E-state index contributed by atoms with van der Waals surface area (Å²) in [5.41, 5.74) is 0.869. The molecule has 2 amide bonds. The number of hydrogen-bond acceptors (Lipinski definition) is 4. The van der Waals surface area contributed by atoms with Gasteiger partial charge >= 0.3 is 0 Å². The minimum atomic E-state index is -0.193. The van der Waals surface area contributed by atoms with Crippen LogP contribution in [0.5, 0.6) is 0 Å². The van der Waals surface area contributed by atoms with Crippen LogP contribution in [0.15, 0.2) is 47.3 Å². The van der Waals surface area contributed by atoms with Gasteiger partial charge in [-0.15, -0.1) is 0 Å². The topological polar surface area (TPSA) is 84.3 Å². The molecule has 0 aliphatic carbocycles. The van der Waals surface area contributed by atoms with Crippen molar-refractivity contribution in [3.8, 4) is 0 Å². The van der Waals surface area contributed by atoms with Gasteiger partial charge in [-0.2, -0.15) is 5.10 Å². The van der Waals surface area contributed by atoms with Gasteiger partial charge in [0.25, 0.3) is 11.5 Å². The van der Waals surface area contributed by atoms with Crippen molar-refractivity contribution >= 4 is 17.5 Å². The number of hydrogen-bond donors (Lipinski definition) is 1. The number of nitrogens with zero attached hydrogens (tertiary/aromatic N) is 3. The maximum atomic E-state index is 12.8. The lowest BCUT2D eigenvalue weighted by atomic mass is 9.95. The Kier molecular flexibility index (Phi) is 6.57. The molecule has 0 radical (unpaired) electrons. The van der Waals surface area contributed by atoms with Crippen LogP contribution in [0.1, 0.15) is 43.1 Å². The quantitative estimate of drug-likeness (QED) is 0.832. The summed E-state index contributed by atoms with van der Waals surface area (Å²) in [6.45, 7) is 3.55. The van der Waals surface area contributed by atoms with Crippen LogP contribution >= 0.6 is 0 Å². The van der Waals surface area contributed by atoms with E-state index in [0.717, 1.165) is 18.5 Å². The molecule has 148 valence electrons. The summed E-state index contributed by atoms with van der Waals surface area (Å²) in [4.78, 5) is 38.8. The van der Waals surface area contributed by atoms with Gasteiger partial charge in [-0.25, -0.2) is 4.68 Å². The Labute approximate surface area is 164 Å². The normalized spacial score (nSPS) is 14.7. The third-order valence-corrected chi connectivity index (χ3v) is 5.00. The number of carbonyl (C=O) groups excluding carboxylic acids is 2. The zero-order chi connectivity index (χ0) is 19.9. The van der Waals surface area contributed by atoms with E-state index in [1.54, 1.807) is 4.90 Å². The van der Waals surface area contributed by atoms with Gasteiger partial charge in [0, 0.05) is 37.3 Å².